The lowest BCUT2D eigenvalue weighted by Crippen LogP contribution is -2.38. The van der Waals surface area contributed by atoms with Crippen molar-refractivity contribution in [1.29, 1.82) is 0 Å². The number of likely N-dealkylation sites (N-methyl/N-ethyl adjacent to an activating group) is 1. The SMILES string of the molecule is CC(C)Cn1c(O)c(C(=O)NC2CC2)c(=O)n2ncc(C=CC(=O)N(C)CC(C)(C)O)c12. The highest BCUT2D eigenvalue weighted by Crippen LogP contribution is 2.24. The average molecular weight is 446 g/mol. The Bertz CT molecular complexity index is 1120. The number of hydrogen-bond donors (Lipinski definition) is 3. The summed E-state index contributed by atoms with van der Waals surface area (Å²) in [4.78, 5) is 39.4. The van der Waals surface area contributed by atoms with Crippen LogP contribution in [0.25, 0.3) is 11.7 Å². The summed E-state index contributed by atoms with van der Waals surface area (Å²) < 4.78 is 2.56. The molecule has 32 heavy (non-hydrogen) atoms. The van der Waals surface area contributed by atoms with Crippen LogP contribution in [0.3, 0.4) is 0 Å². The Morgan fingerprint density at radius 2 is 2.03 bits per heavy atom. The molecular weight excluding hydrogens is 414 g/mol. The Balaban J connectivity index is 2.05. The summed E-state index contributed by atoms with van der Waals surface area (Å²) in [5.74, 6) is -1.29. The normalized spacial score (nSPS) is 14.5. The molecule has 1 aliphatic carbocycles. The van der Waals surface area contributed by atoms with Gasteiger partial charge in [0.15, 0.2) is 5.56 Å². The largest absolute Gasteiger partial charge is 0.494 e. The molecule has 0 unspecified atom stereocenters. The van der Waals surface area contributed by atoms with Crippen molar-refractivity contribution < 1.29 is 19.8 Å². The first-order valence-corrected chi connectivity index (χ1v) is 10.7. The van der Waals surface area contributed by atoms with Crippen LogP contribution in [0.4, 0.5) is 0 Å². The van der Waals surface area contributed by atoms with Crippen LogP contribution >= 0.6 is 0 Å². The second-order valence-electron chi connectivity index (χ2n) is 9.43. The number of nitrogens with zero attached hydrogens (tertiary/aromatic N) is 4. The van der Waals surface area contributed by atoms with E-state index in [9.17, 15) is 24.6 Å². The highest BCUT2D eigenvalue weighted by atomic mass is 16.3. The van der Waals surface area contributed by atoms with Gasteiger partial charge in [-0.25, -0.2) is 0 Å². The molecule has 174 valence electrons. The van der Waals surface area contributed by atoms with Crippen LogP contribution in [-0.2, 0) is 11.3 Å². The third-order valence-electron chi connectivity index (χ3n) is 5.01. The van der Waals surface area contributed by atoms with E-state index < -0.39 is 22.9 Å². The van der Waals surface area contributed by atoms with Crippen LogP contribution in [-0.4, -0.2) is 66.3 Å². The maximum absolute atomic E-state index is 13.0. The minimum atomic E-state index is -1.04. The predicted molar refractivity (Wildman–Crippen MR) is 119 cm³/mol. The number of carbonyl (C=O) groups is 2. The molecule has 2 aromatic rings. The summed E-state index contributed by atoms with van der Waals surface area (Å²) in [6.45, 7) is 7.58. The van der Waals surface area contributed by atoms with Crippen LogP contribution in [0, 0.1) is 5.92 Å². The van der Waals surface area contributed by atoms with Crippen LogP contribution < -0.4 is 10.9 Å². The molecule has 2 aromatic heterocycles. The lowest BCUT2D eigenvalue weighted by molar-refractivity contribution is -0.127. The fourth-order valence-corrected chi connectivity index (χ4v) is 3.50. The third-order valence-corrected chi connectivity index (χ3v) is 5.01. The topological polar surface area (TPSA) is 129 Å². The summed E-state index contributed by atoms with van der Waals surface area (Å²) in [6, 6.07) is 0.0264. The van der Waals surface area contributed by atoms with E-state index in [0.717, 1.165) is 17.4 Å². The van der Waals surface area contributed by atoms with E-state index in [4.69, 9.17) is 0 Å². The van der Waals surface area contributed by atoms with Gasteiger partial charge in [-0.15, -0.1) is 0 Å². The van der Waals surface area contributed by atoms with Crippen molar-refractivity contribution >= 4 is 23.5 Å². The molecule has 0 atom stereocenters. The number of nitrogens with one attached hydrogen (secondary N) is 1. The van der Waals surface area contributed by atoms with Gasteiger partial charge in [0.05, 0.1) is 11.8 Å². The first-order chi connectivity index (χ1) is 14.9. The Hall–Kier alpha value is -3.14. The van der Waals surface area contributed by atoms with Gasteiger partial charge in [-0.05, 0) is 38.7 Å². The molecule has 2 heterocycles. The molecule has 3 N–H and O–H groups in total. The molecule has 1 saturated carbocycles. The van der Waals surface area contributed by atoms with Crippen molar-refractivity contribution in [3.05, 3.63) is 33.8 Å². The molecule has 2 amide bonds. The zero-order valence-corrected chi connectivity index (χ0v) is 19.1. The molecule has 0 saturated heterocycles. The first kappa shape index (κ1) is 23.5. The monoisotopic (exact) mass is 445 g/mol. The number of hydrogen-bond acceptors (Lipinski definition) is 6. The molecule has 10 nitrogen and oxygen atoms in total. The van der Waals surface area contributed by atoms with E-state index in [1.807, 2.05) is 13.8 Å². The van der Waals surface area contributed by atoms with E-state index in [1.54, 1.807) is 20.9 Å². The molecule has 0 aliphatic heterocycles. The quantitative estimate of drug-likeness (QED) is 0.520. The highest BCUT2D eigenvalue weighted by Gasteiger charge is 2.30. The summed E-state index contributed by atoms with van der Waals surface area (Å²) in [7, 11) is 1.58. The zero-order chi connectivity index (χ0) is 23.8. The van der Waals surface area contributed by atoms with E-state index >= 15 is 0 Å². The fourth-order valence-electron chi connectivity index (χ4n) is 3.50. The number of aromatic hydroxyl groups is 1. The van der Waals surface area contributed by atoms with Crippen molar-refractivity contribution in [3.63, 3.8) is 0 Å². The smallest absolute Gasteiger partial charge is 0.291 e. The molecule has 0 aromatic carbocycles. The van der Waals surface area contributed by atoms with E-state index in [2.05, 4.69) is 10.4 Å². The van der Waals surface area contributed by atoms with Gasteiger partial charge in [0, 0.05) is 37.8 Å². The zero-order valence-electron chi connectivity index (χ0n) is 19.1. The van der Waals surface area contributed by atoms with Crippen molar-refractivity contribution in [3.8, 4) is 5.88 Å². The van der Waals surface area contributed by atoms with Crippen LogP contribution in [0.5, 0.6) is 5.88 Å². The van der Waals surface area contributed by atoms with Gasteiger partial charge >= 0.3 is 0 Å². The molecule has 0 bridgehead atoms. The van der Waals surface area contributed by atoms with Gasteiger partial charge in [0.1, 0.15) is 5.65 Å². The lowest BCUT2D eigenvalue weighted by Gasteiger charge is -2.24. The second kappa shape index (κ2) is 8.78. The van der Waals surface area contributed by atoms with Gasteiger partial charge in [0.25, 0.3) is 11.5 Å². The summed E-state index contributed by atoms with van der Waals surface area (Å²) in [6.07, 6.45) is 5.93. The molecular formula is C22H31N5O5. The molecule has 1 fully saturated rings. The molecule has 3 rings (SSSR count). The number of aliphatic hydroxyl groups is 1. The Morgan fingerprint density at radius 3 is 2.59 bits per heavy atom. The average Bonchev–Trinajstić information content (AvgIpc) is 3.37. The van der Waals surface area contributed by atoms with Crippen LogP contribution in [0.2, 0.25) is 0 Å². The number of rotatable bonds is 8. The maximum atomic E-state index is 13.0. The molecule has 0 spiro atoms. The number of fused-ring (bicyclic) bond motifs is 1. The minimum absolute atomic E-state index is 0.0264. The maximum Gasteiger partial charge on any atom is 0.291 e. The van der Waals surface area contributed by atoms with Crippen LogP contribution in [0.15, 0.2) is 17.1 Å². The van der Waals surface area contributed by atoms with Crippen LogP contribution in [0.1, 0.15) is 56.5 Å². The molecule has 0 radical (unpaired) electrons. The Morgan fingerprint density at radius 1 is 1.38 bits per heavy atom. The second-order valence-corrected chi connectivity index (χ2v) is 9.43. The number of amides is 2. The summed E-state index contributed by atoms with van der Waals surface area (Å²) in [5, 5.41) is 27.7. The van der Waals surface area contributed by atoms with Gasteiger partial charge in [-0.3, -0.25) is 19.0 Å². The lowest BCUT2D eigenvalue weighted by atomic mass is 10.1. The van der Waals surface area contributed by atoms with Crippen molar-refractivity contribution in [2.45, 2.75) is 58.7 Å². The Kier molecular flexibility index (Phi) is 6.45. The third kappa shape index (κ3) is 5.18. The van der Waals surface area contributed by atoms with Gasteiger partial charge in [-0.1, -0.05) is 13.8 Å². The Labute approximate surface area is 186 Å². The van der Waals surface area contributed by atoms with E-state index in [-0.39, 0.29) is 30.0 Å². The van der Waals surface area contributed by atoms with Gasteiger partial charge < -0.3 is 20.4 Å². The number of carbonyl (C=O) groups excluding carboxylic acids is 2. The number of aromatic nitrogens is 3. The van der Waals surface area contributed by atoms with E-state index in [1.165, 1.54) is 27.8 Å². The minimum Gasteiger partial charge on any atom is -0.494 e. The van der Waals surface area contributed by atoms with Crippen molar-refractivity contribution in [2.24, 2.45) is 5.92 Å². The summed E-state index contributed by atoms with van der Waals surface area (Å²) >= 11 is 0. The standard InChI is InChI=1S/C22H31N5O5/c1-13(2)11-26-19-14(6-9-16(28)25(5)12-22(3,4)32)10-23-27(19)21(31)17(20(26)30)18(29)24-15-7-8-15/h6,9-10,13,15,30,32H,7-8,11-12H2,1-5H3,(H,24,29). The predicted octanol–water partition coefficient (Wildman–Crippen LogP) is 0.992. The van der Waals surface area contributed by atoms with Crippen molar-refractivity contribution in [1.82, 2.24) is 24.4 Å². The van der Waals surface area contributed by atoms with E-state index in [0.29, 0.717) is 17.8 Å². The first-order valence-electron chi connectivity index (χ1n) is 10.7. The van der Waals surface area contributed by atoms with Crippen molar-refractivity contribution in [2.75, 3.05) is 13.6 Å². The fraction of sp³-hybridized carbons (Fsp3) is 0.545. The summed E-state index contributed by atoms with van der Waals surface area (Å²) in [5.41, 5.74) is -1.37. The van der Waals surface area contributed by atoms with Gasteiger partial charge in [-0.2, -0.15) is 9.61 Å². The molecule has 1 aliphatic rings. The van der Waals surface area contributed by atoms with Gasteiger partial charge in [0.2, 0.25) is 11.8 Å². The highest BCUT2D eigenvalue weighted by molar-refractivity contribution is 5.97. The molecule has 10 heteroatoms.